The van der Waals surface area contributed by atoms with E-state index in [0.717, 1.165) is 17.5 Å². The van der Waals surface area contributed by atoms with Gasteiger partial charge in [0, 0.05) is 24.5 Å². The highest BCUT2D eigenvalue weighted by Gasteiger charge is 2.46. The molecule has 0 saturated carbocycles. The molecule has 1 aromatic heterocycles. The average Bonchev–Trinajstić information content (AvgIpc) is 3.16. The Hall–Kier alpha value is -4.39. The second kappa shape index (κ2) is 11.6. The summed E-state index contributed by atoms with van der Waals surface area (Å²) in [5, 5.41) is 11.4. The lowest BCUT2D eigenvalue weighted by molar-refractivity contribution is -0.140. The zero-order valence-corrected chi connectivity index (χ0v) is 21.0. The second-order valence-electron chi connectivity index (χ2n) is 8.78. The van der Waals surface area contributed by atoms with Crippen LogP contribution in [0.4, 0.5) is 0 Å². The van der Waals surface area contributed by atoms with Gasteiger partial charge in [0.1, 0.15) is 23.9 Å². The molecule has 1 aliphatic rings. The SMILES string of the molecule is C=CCOc1ccc(C2/C(=C(\O)c3ccc(OCCC)cc3C)C(=O)C(=O)N2Cc2cccnc2)cc1. The van der Waals surface area contributed by atoms with Crippen LogP contribution in [0.25, 0.3) is 5.76 Å². The summed E-state index contributed by atoms with van der Waals surface area (Å²) in [7, 11) is 0. The van der Waals surface area contributed by atoms with Gasteiger partial charge in [-0.25, -0.2) is 0 Å². The number of nitrogens with zero attached hydrogens (tertiary/aromatic N) is 2. The Morgan fingerprint density at radius 2 is 1.86 bits per heavy atom. The van der Waals surface area contributed by atoms with Gasteiger partial charge >= 0.3 is 0 Å². The van der Waals surface area contributed by atoms with Gasteiger partial charge in [0.05, 0.1) is 18.2 Å². The van der Waals surface area contributed by atoms with E-state index in [1.54, 1.807) is 60.9 Å². The molecule has 0 aliphatic carbocycles. The van der Waals surface area contributed by atoms with Gasteiger partial charge in [-0.3, -0.25) is 14.6 Å². The third-order valence-electron chi connectivity index (χ3n) is 6.11. The lowest BCUT2D eigenvalue weighted by Gasteiger charge is -2.25. The van der Waals surface area contributed by atoms with Crippen LogP contribution in [0.15, 0.2) is 85.2 Å². The fourth-order valence-corrected chi connectivity index (χ4v) is 4.34. The first-order valence-corrected chi connectivity index (χ1v) is 12.2. The first kappa shape index (κ1) is 25.7. The lowest BCUT2D eigenvalue weighted by atomic mass is 9.93. The highest BCUT2D eigenvalue weighted by Crippen LogP contribution is 2.41. The van der Waals surface area contributed by atoms with Crippen molar-refractivity contribution in [1.82, 2.24) is 9.88 Å². The minimum absolute atomic E-state index is 0.0407. The van der Waals surface area contributed by atoms with E-state index in [9.17, 15) is 14.7 Å². The number of ether oxygens (including phenoxy) is 2. The van der Waals surface area contributed by atoms with Crippen LogP contribution in [0.3, 0.4) is 0 Å². The van der Waals surface area contributed by atoms with Crippen LogP contribution in [0.5, 0.6) is 11.5 Å². The predicted octanol–water partition coefficient (Wildman–Crippen LogP) is 5.37. The number of pyridine rings is 1. The third kappa shape index (κ3) is 5.56. The molecular formula is C30H30N2O5. The van der Waals surface area contributed by atoms with E-state index in [1.165, 1.54) is 4.90 Å². The fraction of sp³-hybridized carbons (Fsp3) is 0.233. The van der Waals surface area contributed by atoms with E-state index in [2.05, 4.69) is 11.6 Å². The van der Waals surface area contributed by atoms with Gasteiger partial charge in [0.25, 0.3) is 11.7 Å². The molecule has 0 bridgehead atoms. The first-order valence-electron chi connectivity index (χ1n) is 12.2. The quantitative estimate of drug-likeness (QED) is 0.175. The molecule has 2 heterocycles. The van der Waals surface area contributed by atoms with Crippen molar-refractivity contribution in [2.45, 2.75) is 32.9 Å². The molecule has 7 heteroatoms. The highest BCUT2D eigenvalue weighted by molar-refractivity contribution is 6.46. The van der Waals surface area contributed by atoms with Gasteiger partial charge in [0.2, 0.25) is 0 Å². The number of aryl methyl sites for hydroxylation is 1. The molecule has 7 nitrogen and oxygen atoms in total. The van der Waals surface area contributed by atoms with Gasteiger partial charge in [0.15, 0.2) is 0 Å². The number of benzene rings is 2. The van der Waals surface area contributed by atoms with E-state index in [1.807, 2.05) is 26.0 Å². The van der Waals surface area contributed by atoms with Crippen molar-refractivity contribution in [2.24, 2.45) is 0 Å². The molecule has 1 N–H and O–H groups in total. The maximum Gasteiger partial charge on any atom is 0.295 e. The second-order valence-corrected chi connectivity index (χ2v) is 8.78. The Balaban J connectivity index is 1.79. The molecule has 1 unspecified atom stereocenters. The van der Waals surface area contributed by atoms with E-state index >= 15 is 0 Å². The van der Waals surface area contributed by atoms with Crippen LogP contribution in [0, 0.1) is 6.92 Å². The Labute approximate surface area is 216 Å². The number of hydrogen-bond acceptors (Lipinski definition) is 6. The number of aliphatic hydroxyl groups excluding tert-OH is 1. The molecule has 2 aromatic carbocycles. The predicted molar refractivity (Wildman–Crippen MR) is 141 cm³/mol. The van der Waals surface area contributed by atoms with Gasteiger partial charge in [-0.05, 0) is 66.4 Å². The van der Waals surface area contributed by atoms with Crippen LogP contribution < -0.4 is 9.47 Å². The number of rotatable bonds is 10. The molecule has 1 fully saturated rings. The monoisotopic (exact) mass is 498 g/mol. The molecule has 37 heavy (non-hydrogen) atoms. The molecule has 1 saturated heterocycles. The summed E-state index contributed by atoms with van der Waals surface area (Å²) in [6, 6.07) is 15.3. The zero-order valence-electron chi connectivity index (χ0n) is 21.0. The topological polar surface area (TPSA) is 89.0 Å². The van der Waals surface area contributed by atoms with Gasteiger partial charge < -0.3 is 19.5 Å². The van der Waals surface area contributed by atoms with E-state index < -0.39 is 17.7 Å². The number of amides is 1. The number of ketones is 1. The van der Waals surface area contributed by atoms with Crippen molar-refractivity contribution in [3.05, 3.63) is 107 Å². The van der Waals surface area contributed by atoms with Crippen molar-refractivity contribution < 1.29 is 24.2 Å². The maximum absolute atomic E-state index is 13.3. The Kier molecular flexibility index (Phi) is 8.03. The van der Waals surface area contributed by atoms with Gasteiger partial charge in [-0.1, -0.05) is 37.8 Å². The zero-order chi connectivity index (χ0) is 26.4. The summed E-state index contributed by atoms with van der Waals surface area (Å²) in [6.45, 7) is 8.61. The van der Waals surface area contributed by atoms with Crippen LogP contribution in [0.1, 0.15) is 41.6 Å². The number of hydrogen-bond donors (Lipinski definition) is 1. The standard InChI is InChI=1S/C30H30N2O5/c1-4-15-36-23-10-8-22(9-11-23)27-26(28(33)25-13-12-24(17-20(25)3)37-16-5-2)29(34)30(35)32(27)19-21-7-6-14-31-18-21/h4,6-14,17-18,27,33H,1,5,15-16,19H2,2-3H3/b28-26+. The first-order chi connectivity index (χ1) is 17.9. The number of carbonyl (C=O) groups excluding carboxylic acids is 2. The number of Topliss-reactive ketones (excluding diaryl/α,β-unsaturated/α-hetero) is 1. The van der Waals surface area contributed by atoms with Crippen molar-refractivity contribution in [2.75, 3.05) is 13.2 Å². The van der Waals surface area contributed by atoms with Crippen LogP contribution in [-0.4, -0.2) is 39.9 Å². The van der Waals surface area contributed by atoms with Crippen LogP contribution in [0.2, 0.25) is 0 Å². The largest absolute Gasteiger partial charge is 0.507 e. The summed E-state index contributed by atoms with van der Waals surface area (Å²) >= 11 is 0. The molecule has 0 spiro atoms. The highest BCUT2D eigenvalue weighted by atomic mass is 16.5. The van der Waals surface area contributed by atoms with E-state index in [4.69, 9.17) is 9.47 Å². The molecule has 190 valence electrons. The summed E-state index contributed by atoms with van der Waals surface area (Å²) in [4.78, 5) is 32.2. The smallest absolute Gasteiger partial charge is 0.295 e. The summed E-state index contributed by atoms with van der Waals surface area (Å²) in [5.74, 6) is -0.318. The van der Waals surface area contributed by atoms with Crippen molar-refractivity contribution >= 4 is 17.4 Å². The van der Waals surface area contributed by atoms with Gasteiger partial charge in [-0.2, -0.15) is 0 Å². The van der Waals surface area contributed by atoms with Gasteiger partial charge in [-0.15, -0.1) is 0 Å². The van der Waals surface area contributed by atoms with E-state index in [-0.39, 0.29) is 17.9 Å². The molecule has 1 atom stereocenters. The van der Waals surface area contributed by atoms with Crippen LogP contribution >= 0.6 is 0 Å². The number of carbonyl (C=O) groups is 2. The Morgan fingerprint density at radius 1 is 1.11 bits per heavy atom. The number of likely N-dealkylation sites (tertiary alicyclic amines) is 1. The Morgan fingerprint density at radius 3 is 2.51 bits per heavy atom. The van der Waals surface area contributed by atoms with Crippen LogP contribution in [-0.2, 0) is 16.1 Å². The summed E-state index contributed by atoms with van der Waals surface area (Å²) in [5.41, 5.74) is 2.69. The molecule has 1 amide bonds. The van der Waals surface area contributed by atoms with Crippen molar-refractivity contribution in [3.8, 4) is 11.5 Å². The molecule has 3 aromatic rings. The minimum Gasteiger partial charge on any atom is -0.507 e. The molecule has 4 rings (SSSR count). The summed E-state index contributed by atoms with van der Waals surface area (Å²) < 4.78 is 11.3. The van der Waals surface area contributed by atoms with E-state index in [0.29, 0.717) is 35.8 Å². The fourth-order valence-electron chi connectivity index (χ4n) is 4.34. The molecule has 1 aliphatic heterocycles. The molecule has 0 radical (unpaired) electrons. The third-order valence-corrected chi connectivity index (χ3v) is 6.11. The number of aliphatic hydroxyl groups is 1. The summed E-state index contributed by atoms with van der Waals surface area (Å²) in [6.07, 6.45) is 5.83. The normalized spacial score (nSPS) is 16.6. The maximum atomic E-state index is 13.3. The minimum atomic E-state index is -0.788. The van der Waals surface area contributed by atoms with Crippen molar-refractivity contribution in [1.29, 1.82) is 0 Å². The molecular weight excluding hydrogens is 468 g/mol. The Bertz CT molecular complexity index is 1320. The lowest BCUT2D eigenvalue weighted by Crippen LogP contribution is -2.29. The average molecular weight is 499 g/mol. The number of aromatic nitrogens is 1. The van der Waals surface area contributed by atoms with Crippen molar-refractivity contribution in [3.63, 3.8) is 0 Å².